The lowest BCUT2D eigenvalue weighted by Crippen LogP contribution is -2.31. The number of thiazole rings is 1. The van der Waals surface area contributed by atoms with E-state index in [0.717, 1.165) is 38.0 Å². The number of amides is 1. The minimum absolute atomic E-state index is 0.0288. The van der Waals surface area contributed by atoms with Crippen LogP contribution in [0.15, 0.2) is 60.8 Å². The predicted molar refractivity (Wildman–Crippen MR) is 112 cm³/mol. The monoisotopic (exact) mass is 375 g/mol. The van der Waals surface area contributed by atoms with E-state index in [4.69, 9.17) is 4.98 Å². The summed E-state index contributed by atoms with van der Waals surface area (Å²) in [5.74, 6) is 0.0288. The van der Waals surface area contributed by atoms with Crippen molar-refractivity contribution in [2.45, 2.75) is 20.8 Å². The van der Waals surface area contributed by atoms with Crippen LogP contribution in [-0.4, -0.2) is 21.8 Å². The second-order valence-corrected chi connectivity index (χ2v) is 7.47. The molecular weight excluding hydrogens is 354 g/mol. The van der Waals surface area contributed by atoms with Gasteiger partial charge in [0.15, 0.2) is 4.96 Å². The van der Waals surface area contributed by atoms with Crippen LogP contribution in [0.4, 0.5) is 5.69 Å². The molecule has 0 saturated heterocycles. The number of hydrogen-bond acceptors (Lipinski definition) is 3. The Bertz CT molecular complexity index is 1110. The average molecular weight is 375 g/mol. The Hall–Kier alpha value is -2.92. The number of benzene rings is 2. The normalized spacial score (nSPS) is 11.1. The van der Waals surface area contributed by atoms with Crippen molar-refractivity contribution in [1.82, 2.24) is 9.38 Å². The summed E-state index contributed by atoms with van der Waals surface area (Å²) in [6, 6.07) is 18.1. The number of anilines is 1. The Kier molecular flexibility index (Phi) is 4.54. The van der Waals surface area contributed by atoms with Gasteiger partial charge in [0.05, 0.1) is 5.69 Å². The molecule has 0 aliphatic heterocycles. The van der Waals surface area contributed by atoms with Crippen LogP contribution in [0.2, 0.25) is 0 Å². The molecule has 1 amide bonds. The minimum atomic E-state index is 0.0288. The first-order valence-corrected chi connectivity index (χ1v) is 9.83. The summed E-state index contributed by atoms with van der Waals surface area (Å²) in [5, 5.41) is 0. The molecule has 27 heavy (non-hydrogen) atoms. The molecule has 2 heterocycles. The van der Waals surface area contributed by atoms with E-state index in [-0.39, 0.29) is 5.91 Å². The van der Waals surface area contributed by atoms with E-state index in [2.05, 4.69) is 0 Å². The highest BCUT2D eigenvalue weighted by Gasteiger charge is 2.24. The summed E-state index contributed by atoms with van der Waals surface area (Å²) in [5.41, 5.74) is 4.99. The summed E-state index contributed by atoms with van der Waals surface area (Å²) in [6.07, 6.45) is 2.01. The summed E-state index contributed by atoms with van der Waals surface area (Å²) < 4.78 is 2.02. The molecule has 0 bridgehead atoms. The SMILES string of the molecule is CCN(C(=O)c1sc2nc(-c3ccccc3)cn2c1C)c1ccccc1C. The van der Waals surface area contributed by atoms with Gasteiger partial charge >= 0.3 is 0 Å². The first-order chi connectivity index (χ1) is 13.1. The molecule has 0 unspecified atom stereocenters. The molecule has 2 aromatic carbocycles. The van der Waals surface area contributed by atoms with Gasteiger partial charge in [-0.25, -0.2) is 4.98 Å². The molecule has 4 nitrogen and oxygen atoms in total. The van der Waals surface area contributed by atoms with Gasteiger partial charge in [0.25, 0.3) is 5.91 Å². The summed E-state index contributed by atoms with van der Waals surface area (Å²) in [4.78, 5) is 21.4. The Labute approximate surface area is 162 Å². The van der Waals surface area contributed by atoms with Crippen molar-refractivity contribution in [3.05, 3.63) is 76.9 Å². The molecular formula is C22H21N3OS. The third-order valence-corrected chi connectivity index (χ3v) is 5.93. The van der Waals surface area contributed by atoms with Crippen LogP contribution in [0, 0.1) is 13.8 Å². The van der Waals surface area contributed by atoms with E-state index in [1.54, 1.807) is 0 Å². The molecule has 0 radical (unpaired) electrons. The van der Waals surface area contributed by atoms with Crippen molar-refractivity contribution in [2.24, 2.45) is 0 Å². The Morgan fingerprint density at radius 1 is 1.07 bits per heavy atom. The van der Waals surface area contributed by atoms with Gasteiger partial charge < -0.3 is 4.90 Å². The highest BCUT2D eigenvalue weighted by Crippen LogP contribution is 2.30. The van der Waals surface area contributed by atoms with Crippen LogP contribution in [0.3, 0.4) is 0 Å². The number of hydrogen-bond donors (Lipinski definition) is 0. The fourth-order valence-electron chi connectivity index (χ4n) is 3.31. The Morgan fingerprint density at radius 3 is 2.44 bits per heavy atom. The summed E-state index contributed by atoms with van der Waals surface area (Å²) >= 11 is 1.45. The van der Waals surface area contributed by atoms with Crippen LogP contribution in [0.1, 0.15) is 27.9 Å². The Morgan fingerprint density at radius 2 is 1.78 bits per heavy atom. The zero-order valence-electron chi connectivity index (χ0n) is 15.6. The first-order valence-electron chi connectivity index (χ1n) is 9.01. The van der Waals surface area contributed by atoms with Gasteiger partial charge in [-0.3, -0.25) is 9.20 Å². The maximum absolute atomic E-state index is 13.3. The fraction of sp³-hybridized carbons (Fsp3) is 0.182. The van der Waals surface area contributed by atoms with E-state index in [1.807, 2.05) is 90.9 Å². The van der Waals surface area contributed by atoms with Crippen LogP contribution in [0.5, 0.6) is 0 Å². The number of para-hydroxylation sites is 1. The van der Waals surface area contributed by atoms with Crippen molar-refractivity contribution in [3.8, 4) is 11.3 Å². The Balaban J connectivity index is 1.73. The van der Waals surface area contributed by atoms with Gasteiger partial charge in [-0.2, -0.15) is 0 Å². The van der Waals surface area contributed by atoms with Gasteiger partial charge in [0, 0.05) is 29.7 Å². The highest BCUT2D eigenvalue weighted by molar-refractivity contribution is 7.19. The van der Waals surface area contributed by atoms with Crippen LogP contribution in [0.25, 0.3) is 16.2 Å². The van der Waals surface area contributed by atoms with Crippen LogP contribution >= 0.6 is 11.3 Å². The predicted octanol–water partition coefficient (Wildman–Crippen LogP) is 5.35. The standard InChI is InChI=1S/C22H21N3OS/c1-4-24(19-13-9-8-10-15(19)2)21(26)20-16(3)25-14-18(23-22(25)27-20)17-11-6-5-7-12-17/h5-14H,4H2,1-3H3. The van der Waals surface area contributed by atoms with Crippen LogP contribution < -0.4 is 4.90 Å². The van der Waals surface area contributed by atoms with E-state index in [9.17, 15) is 4.79 Å². The third kappa shape index (κ3) is 3.04. The van der Waals surface area contributed by atoms with E-state index in [0.29, 0.717) is 6.54 Å². The topological polar surface area (TPSA) is 37.6 Å². The fourth-order valence-corrected chi connectivity index (χ4v) is 4.37. The quantitative estimate of drug-likeness (QED) is 0.482. The number of carbonyl (C=O) groups is 1. The van der Waals surface area contributed by atoms with Crippen molar-refractivity contribution in [1.29, 1.82) is 0 Å². The number of rotatable bonds is 4. The zero-order valence-corrected chi connectivity index (χ0v) is 16.5. The molecule has 0 saturated carbocycles. The molecule has 4 aromatic rings. The molecule has 136 valence electrons. The summed E-state index contributed by atoms with van der Waals surface area (Å²) in [6.45, 7) is 6.65. The molecule has 0 fully saturated rings. The minimum Gasteiger partial charge on any atom is -0.308 e. The first kappa shape index (κ1) is 17.5. The van der Waals surface area contributed by atoms with E-state index in [1.165, 1.54) is 11.3 Å². The molecule has 0 aliphatic rings. The molecule has 0 spiro atoms. The van der Waals surface area contributed by atoms with E-state index < -0.39 is 0 Å². The second kappa shape index (κ2) is 7.00. The van der Waals surface area contributed by atoms with Gasteiger partial charge in [-0.15, -0.1) is 0 Å². The highest BCUT2D eigenvalue weighted by atomic mass is 32.1. The molecule has 0 aliphatic carbocycles. The third-order valence-electron chi connectivity index (χ3n) is 4.79. The largest absolute Gasteiger partial charge is 0.308 e. The van der Waals surface area contributed by atoms with Gasteiger partial charge in [0.1, 0.15) is 4.88 Å². The molecule has 0 N–H and O–H groups in total. The number of aromatic nitrogens is 2. The maximum atomic E-state index is 13.3. The van der Waals surface area contributed by atoms with Crippen molar-refractivity contribution < 1.29 is 4.79 Å². The van der Waals surface area contributed by atoms with Gasteiger partial charge in [0.2, 0.25) is 0 Å². The van der Waals surface area contributed by atoms with Crippen molar-refractivity contribution in [3.63, 3.8) is 0 Å². The lowest BCUT2D eigenvalue weighted by atomic mass is 10.1. The molecule has 0 atom stereocenters. The number of imidazole rings is 1. The smallest absolute Gasteiger partial charge is 0.270 e. The number of nitrogens with zero attached hydrogens (tertiary/aromatic N) is 3. The van der Waals surface area contributed by atoms with Gasteiger partial charge in [-0.05, 0) is 32.4 Å². The average Bonchev–Trinajstić information content (AvgIpc) is 3.24. The maximum Gasteiger partial charge on any atom is 0.270 e. The molecule has 5 heteroatoms. The number of aryl methyl sites for hydroxylation is 2. The lowest BCUT2D eigenvalue weighted by molar-refractivity contribution is 0.0991. The van der Waals surface area contributed by atoms with Gasteiger partial charge in [-0.1, -0.05) is 59.9 Å². The molecule has 2 aromatic heterocycles. The van der Waals surface area contributed by atoms with Crippen molar-refractivity contribution >= 4 is 27.9 Å². The van der Waals surface area contributed by atoms with Crippen LogP contribution in [-0.2, 0) is 0 Å². The zero-order chi connectivity index (χ0) is 19.0. The molecule has 4 rings (SSSR count). The summed E-state index contributed by atoms with van der Waals surface area (Å²) in [7, 11) is 0. The number of carbonyl (C=O) groups excluding carboxylic acids is 1. The second-order valence-electron chi connectivity index (χ2n) is 6.50. The number of fused-ring (bicyclic) bond motifs is 1. The lowest BCUT2D eigenvalue weighted by Gasteiger charge is -2.22. The van der Waals surface area contributed by atoms with E-state index >= 15 is 0 Å². The van der Waals surface area contributed by atoms with Crippen molar-refractivity contribution in [2.75, 3.05) is 11.4 Å².